The number of amides is 2. The first-order valence-electron chi connectivity index (χ1n) is 23.9. The maximum atomic E-state index is 12.7. The number of nitrogens with two attached hydrogens (primary N) is 1. The van der Waals surface area contributed by atoms with Crippen LogP contribution in [0.3, 0.4) is 0 Å². The Balaban J connectivity index is 1.28. The fourth-order valence-electron chi connectivity index (χ4n) is 6.75. The van der Waals surface area contributed by atoms with Gasteiger partial charge in [0.1, 0.15) is 36.3 Å². The molecule has 74 heavy (non-hydrogen) atoms. The van der Waals surface area contributed by atoms with Crippen molar-refractivity contribution in [2.45, 2.75) is 135 Å². The standard InChI is InChI=1S/C45H72N7O18P3S/c1-4-5-6-7-8-9-10-11-12-13-14-15-16-17-18-19-20-21-22-23-33(53)28-36(55)74-27-26-47-35(54)24-25-48-43(58)40(57)45(2,3)30-67-73(64,65)70-72(62,63)66-29-34-39(69-71(59,60)61)38(56)44(68-34)52-32-51-37-41(46)49-31-50-42(37)52/h8-9,11-12,14-15,17-18,20-21,31-34,38-40,44,53,56-57H,4-7,10,13,16,19,22-30H2,1-3H3,(H,47,54)(H,48,58)(H,62,63)(H,64,65)(H2,46,49,50)(H2,59,60,61)/p-4/b9-8-,12-11-,15-14-,18-17-,21-20-/t33-,34-,38-,39-,40+,44-/m1/s1. The average Bonchev–Trinajstić information content (AvgIpc) is 3.89. The first kappa shape index (κ1) is 64.5. The molecule has 1 fully saturated rings. The molecule has 1 saturated heterocycles. The number of phosphoric acid groups is 3. The largest absolute Gasteiger partial charge is 0.790 e. The number of aliphatic hydroxyl groups is 3. The van der Waals surface area contributed by atoms with Gasteiger partial charge in [0.05, 0.1) is 33.5 Å². The van der Waals surface area contributed by atoms with Gasteiger partial charge in [0, 0.05) is 37.1 Å². The third-order valence-electron chi connectivity index (χ3n) is 10.7. The molecule has 416 valence electrons. The second-order valence-corrected chi connectivity index (χ2v) is 22.7. The second-order valence-electron chi connectivity index (χ2n) is 17.4. The lowest BCUT2D eigenvalue weighted by atomic mass is 9.87. The number of hydrogen-bond donors (Lipinski definition) is 6. The molecule has 0 aromatic carbocycles. The van der Waals surface area contributed by atoms with Gasteiger partial charge in [-0.25, -0.2) is 19.3 Å². The van der Waals surface area contributed by atoms with Crippen LogP contribution in [0.15, 0.2) is 73.4 Å². The van der Waals surface area contributed by atoms with E-state index in [-0.39, 0.29) is 53.8 Å². The molecule has 1 aliphatic rings. The average molecular weight is 1120 g/mol. The maximum Gasteiger partial charge on any atom is 0.274 e. The lowest BCUT2D eigenvalue weighted by Crippen LogP contribution is -2.46. The molecule has 7 N–H and O–H groups in total. The van der Waals surface area contributed by atoms with E-state index in [4.69, 9.17) is 10.5 Å². The Morgan fingerprint density at radius 3 is 2.11 bits per heavy atom. The smallest absolute Gasteiger partial charge is 0.274 e. The fraction of sp³-hybridized carbons (Fsp3) is 0.600. The van der Waals surface area contributed by atoms with Gasteiger partial charge in [-0.1, -0.05) is 106 Å². The van der Waals surface area contributed by atoms with Crippen LogP contribution in [0.1, 0.15) is 104 Å². The Morgan fingerprint density at radius 1 is 0.878 bits per heavy atom. The van der Waals surface area contributed by atoms with Crippen molar-refractivity contribution >= 4 is 69.1 Å². The van der Waals surface area contributed by atoms with Crippen LogP contribution in [0.4, 0.5) is 5.82 Å². The molecule has 2 amide bonds. The number of allylic oxidation sites excluding steroid dienone is 10. The number of imidazole rings is 1. The van der Waals surface area contributed by atoms with Gasteiger partial charge in [0.2, 0.25) is 11.8 Å². The van der Waals surface area contributed by atoms with Crippen molar-refractivity contribution in [3.63, 3.8) is 0 Å². The number of carbonyl (C=O) groups is 3. The highest BCUT2D eigenvalue weighted by atomic mass is 32.2. The number of phosphoric ester groups is 3. The monoisotopic (exact) mass is 1120 g/mol. The van der Waals surface area contributed by atoms with E-state index in [1.807, 2.05) is 12.2 Å². The number of rotatable bonds is 36. The number of nitrogens with one attached hydrogen (secondary N) is 2. The van der Waals surface area contributed by atoms with Crippen LogP contribution in [0.5, 0.6) is 0 Å². The molecular formula is C45H68N7O18P3S-4. The van der Waals surface area contributed by atoms with E-state index in [1.54, 1.807) is 0 Å². The number of ether oxygens (including phenoxy) is 1. The molecule has 3 heterocycles. The minimum Gasteiger partial charge on any atom is -0.790 e. The zero-order chi connectivity index (χ0) is 54.8. The van der Waals surface area contributed by atoms with Crippen LogP contribution in [-0.2, 0) is 50.7 Å². The molecule has 25 nitrogen and oxygen atoms in total. The number of anilines is 1. The van der Waals surface area contributed by atoms with Crippen molar-refractivity contribution in [1.82, 2.24) is 30.2 Å². The van der Waals surface area contributed by atoms with E-state index in [9.17, 15) is 63.0 Å². The summed E-state index contributed by atoms with van der Waals surface area (Å²) in [4.78, 5) is 97.1. The van der Waals surface area contributed by atoms with E-state index in [2.05, 4.69) is 99.0 Å². The Bertz CT molecular complexity index is 2380. The van der Waals surface area contributed by atoms with Crippen LogP contribution in [-0.4, -0.2) is 114 Å². The number of fused-ring (bicyclic) bond motifs is 1. The Labute approximate surface area is 434 Å². The van der Waals surface area contributed by atoms with Gasteiger partial charge in [0.15, 0.2) is 22.8 Å². The summed E-state index contributed by atoms with van der Waals surface area (Å²) in [5.74, 6) is -1.39. The van der Waals surface area contributed by atoms with Crippen LogP contribution in [0.25, 0.3) is 11.2 Å². The van der Waals surface area contributed by atoms with E-state index in [0.29, 0.717) is 12.8 Å². The van der Waals surface area contributed by atoms with Crippen molar-refractivity contribution in [1.29, 1.82) is 0 Å². The highest BCUT2D eigenvalue weighted by molar-refractivity contribution is 8.13. The molecule has 2 unspecified atom stereocenters. The molecule has 3 rings (SSSR count). The van der Waals surface area contributed by atoms with Crippen LogP contribution >= 0.6 is 35.2 Å². The van der Waals surface area contributed by atoms with E-state index in [1.165, 1.54) is 33.1 Å². The summed E-state index contributed by atoms with van der Waals surface area (Å²) in [6.45, 7) is 2.14. The predicted molar refractivity (Wildman–Crippen MR) is 266 cm³/mol. The van der Waals surface area contributed by atoms with Gasteiger partial charge in [0.25, 0.3) is 15.6 Å². The summed E-state index contributed by atoms with van der Waals surface area (Å²) < 4.78 is 60.8. The SMILES string of the molecule is CCCCC/C=C\C/C=C\C/C=C\C/C=C\C/C=C\CC[C@@H](O)CC(=O)SCCNC(=O)CCNC(=O)[C@H](O)C(C)(C)COP(=O)([O-])OP(=O)([O-])OC[C@H]1O[C@@H](n2cnc3c(N)ncnc32)[C@H](O)[C@@H]1OP(=O)([O-])[O-]. The number of unbranched alkanes of at least 4 members (excludes halogenated alkanes) is 3. The molecule has 8 atom stereocenters. The van der Waals surface area contributed by atoms with Crippen LogP contribution in [0, 0.1) is 5.41 Å². The number of carbonyl (C=O) groups excluding carboxylic acids is 3. The molecule has 0 saturated carbocycles. The Morgan fingerprint density at radius 2 is 1.49 bits per heavy atom. The summed E-state index contributed by atoms with van der Waals surface area (Å²) >= 11 is 0.954. The number of aliphatic hydroxyl groups excluding tert-OH is 3. The minimum absolute atomic E-state index is 0.0271. The van der Waals surface area contributed by atoms with Gasteiger partial charge >= 0.3 is 0 Å². The first-order valence-corrected chi connectivity index (χ1v) is 29.2. The molecule has 0 spiro atoms. The summed E-state index contributed by atoms with van der Waals surface area (Å²) in [6.07, 6.45) is 22.1. The zero-order valence-electron chi connectivity index (χ0n) is 41.5. The molecule has 1 aliphatic heterocycles. The van der Waals surface area contributed by atoms with Crippen molar-refractivity contribution in [3.05, 3.63) is 73.4 Å². The fourth-order valence-corrected chi connectivity index (χ4v) is 10.2. The van der Waals surface area contributed by atoms with Crippen molar-refractivity contribution in [3.8, 4) is 0 Å². The van der Waals surface area contributed by atoms with E-state index >= 15 is 0 Å². The third-order valence-corrected chi connectivity index (χ3v) is 14.6. The lowest BCUT2D eigenvalue weighted by Gasteiger charge is -2.36. The van der Waals surface area contributed by atoms with Crippen LogP contribution < -0.4 is 35.9 Å². The Hall–Kier alpha value is -3.78. The van der Waals surface area contributed by atoms with Gasteiger partial charge in [-0.2, -0.15) is 0 Å². The first-order chi connectivity index (χ1) is 34.9. The molecule has 29 heteroatoms. The highest BCUT2D eigenvalue weighted by Gasteiger charge is 2.47. The summed E-state index contributed by atoms with van der Waals surface area (Å²) in [6, 6.07) is 0. The zero-order valence-corrected chi connectivity index (χ0v) is 45.0. The van der Waals surface area contributed by atoms with Gasteiger partial charge < -0.3 is 74.1 Å². The van der Waals surface area contributed by atoms with Crippen molar-refractivity contribution in [2.24, 2.45) is 5.41 Å². The number of aromatic nitrogens is 4. The van der Waals surface area contributed by atoms with Gasteiger partial charge in [-0.3, -0.25) is 28.1 Å². The maximum absolute atomic E-state index is 12.7. The van der Waals surface area contributed by atoms with Crippen molar-refractivity contribution in [2.75, 3.05) is 37.8 Å². The topological polar surface area (TPSA) is 395 Å². The number of hydrogen-bond acceptors (Lipinski definition) is 23. The lowest BCUT2D eigenvalue weighted by molar-refractivity contribution is -0.347. The summed E-state index contributed by atoms with van der Waals surface area (Å²) in [5, 5.41) is 36.4. The number of nitrogen functional groups attached to an aromatic ring is 1. The van der Waals surface area contributed by atoms with E-state index in [0.717, 1.165) is 61.1 Å². The quantitative estimate of drug-likeness (QED) is 0.0324. The summed E-state index contributed by atoms with van der Waals surface area (Å²) in [5.41, 5.74) is 4.05. The minimum atomic E-state index is -5.94. The predicted octanol–water partition coefficient (Wildman–Crippen LogP) is 2.59. The van der Waals surface area contributed by atoms with Gasteiger partial charge in [-0.05, 0) is 51.4 Å². The molecule has 0 radical (unpaired) electrons. The van der Waals surface area contributed by atoms with Crippen LogP contribution in [0.2, 0.25) is 0 Å². The Kier molecular flexibility index (Phi) is 28.5. The molecule has 2 aromatic heterocycles. The molecular weight excluding hydrogens is 1050 g/mol. The molecule has 0 aliphatic carbocycles. The number of thioether (sulfide) groups is 1. The second kappa shape index (κ2) is 32.7. The summed E-state index contributed by atoms with van der Waals surface area (Å²) in [7, 11) is -17.7. The highest BCUT2D eigenvalue weighted by Crippen LogP contribution is 2.56. The van der Waals surface area contributed by atoms with E-state index < -0.39 is 90.7 Å². The number of nitrogens with zero attached hydrogens (tertiary/aromatic N) is 4. The third kappa shape index (κ3) is 24.9. The molecule has 0 bridgehead atoms. The molecule has 2 aromatic rings. The van der Waals surface area contributed by atoms with Gasteiger partial charge in [-0.15, -0.1) is 0 Å². The van der Waals surface area contributed by atoms with Crippen molar-refractivity contribution < 1.29 is 85.6 Å². The normalized spacial score (nSPS) is 20.3.